The molecule has 19 heavy (non-hydrogen) atoms. The number of aryl methyl sites for hydroxylation is 1. The van der Waals surface area contributed by atoms with E-state index in [1.54, 1.807) is 25.1 Å². The fraction of sp³-hybridized carbons (Fsp3) is 0.154. The summed E-state index contributed by atoms with van der Waals surface area (Å²) in [4.78, 5) is 19.1. The van der Waals surface area contributed by atoms with E-state index in [0.717, 1.165) is 17.5 Å². The molecule has 1 aromatic carbocycles. The Balaban J connectivity index is 2.30. The van der Waals surface area contributed by atoms with Crippen LogP contribution in [0.1, 0.15) is 5.69 Å². The van der Waals surface area contributed by atoms with E-state index in [4.69, 9.17) is 5.11 Å². The van der Waals surface area contributed by atoms with E-state index in [1.165, 1.54) is 12.1 Å². The number of aliphatic carboxylic acids is 1. The molecule has 0 unspecified atom stereocenters. The summed E-state index contributed by atoms with van der Waals surface area (Å²) in [6.07, 6.45) is 0. The van der Waals surface area contributed by atoms with E-state index in [2.05, 4.69) is 9.97 Å². The second-order valence-electron chi connectivity index (χ2n) is 3.86. The second kappa shape index (κ2) is 5.79. The lowest BCUT2D eigenvalue weighted by atomic mass is 10.2. The Morgan fingerprint density at radius 2 is 2.00 bits per heavy atom. The molecule has 0 amide bonds. The molecule has 2 rings (SSSR count). The van der Waals surface area contributed by atoms with Crippen molar-refractivity contribution in [3.05, 3.63) is 41.8 Å². The van der Waals surface area contributed by atoms with Crippen LogP contribution < -0.4 is 0 Å². The molecule has 0 aliphatic carbocycles. The van der Waals surface area contributed by atoms with Crippen molar-refractivity contribution in [2.24, 2.45) is 0 Å². The highest BCUT2D eigenvalue weighted by Gasteiger charge is 2.07. The molecule has 0 bridgehead atoms. The van der Waals surface area contributed by atoms with Crippen LogP contribution in [0.4, 0.5) is 4.39 Å². The van der Waals surface area contributed by atoms with Crippen molar-refractivity contribution in [2.45, 2.75) is 11.9 Å². The highest BCUT2D eigenvalue weighted by Crippen LogP contribution is 2.21. The van der Waals surface area contributed by atoms with Gasteiger partial charge < -0.3 is 5.11 Å². The average molecular weight is 278 g/mol. The van der Waals surface area contributed by atoms with E-state index in [1.807, 2.05) is 0 Å². The number of hydrogen-bond acceptors (Lipinski definition) is 4. The number of nitrogens with zero attached hydrogens (tertiary/aromatic N) is 2. The second-order valence-corrected chi connectivity index (χ2v) is 4.86. The molecular formula is C13H11FN2O2S. The summed E-state index contributed by atoms with van der Waals surface area (Å²) in [5, 5.41) is 9.25. The number of halogens is 1. The van der Waals surface area contributed by atoms with Gasteiger partial charge in [-0.25, -0.2) is 14.4 Å². The van der Waals surface area contributed by atoms with Crippen LogP contribution in [0.3, 0.4) is 0 Å². The zero-order valence-corrected chi connectivity index (χ0v) is 10.9. The molecule has 0 radical (unpaired) electrons. The van der Waals surface area contributed by atoms with Crippen LogP contribution in [0.5, 0.6) is 0 Å². The van der Waals surface area contributed by atoms with Crippen molar-refractivity contribution in [2.75, 3.05) is 5.75 Å². The van der Waals surface area contributed by atoms with Crippen LogP contribution in [0, 0.1) is 12.7 Å². The van der Waals surface area contributed by atoms with Gasteiger partial charge in [0.05, 0.1) is 5.75 Å². The van der Waals surface area contributed by atoms with Gasteiger partial charge in [-0.3, -0.25) is 4.79 Å². The Bertz CT molecular complexity index is 602. The summed E-state index contributed by atoms with van der Waals surface area (Å²) < 4.78 is 12.9. The van der Waals surface area contributed by atoms with Gasteiger partial charge >= 0.3 is 5.97 Å². The average Bonchev–Trinajstić information content (AvgIpc) is 2.36. The number of rotatable bonds is 4. The zero-order valence-electron chi connectivity index (χ0n) is 10.1. The molecular weight excluding hydrogens is 267 g/mol. The maximum absolute atomic E-state index is 12.9. The molecule has 0 aliphatic heterocycles. The van der Waals surface area contributed by atoms with Crippen molar-refractivity contribution in [1.29, 1.82) is 0 Å². The summed E-state index contributed by atoms with van der Waals surface area (Å²) in [5.41, 5.74) is 1.43. The lowest BCUT2D eigenvalue weighted by Gasteiger charge is -2.05. The number of benzene rings is 1. The summed E-state index contributed by atoms with van der Waals surface area (Å²) in [6, 6.07) is 7.59. The third-order valence-electron chi connectivity index (χ3n) is 2.28. The normalized spacial score (nSPS) is 10.4. The fourth-order valence-electron chi connectivity index (χ4n) is 1.48. The Morgan fingerprint density at radius 1 is 1.32 bits per heavy atom. The predicted octanol–water partition coefficient (Wildman–Crippen LogP) is 2.77. The lowest BCUT2D eigenvalue weighted by molar-refractivity contribution is -0.133. The maximum Gasteiger partial charge on any atom is 0.313 e. The minimum Gasteiger partial charge on any atom is -0.481 e. The van der Waals surface area contributed by atoms with Crippen LogP contribution in [0.2, 0.25) is 0 Å². The van der Waals surface area contributed by atoms with Gasteiger partial charge in [0, 0.05) is 11.3 Å². The molecule has 1 aromatic heterocycles. The summed E-state index contributed by atoms with van der Waals surface area (Å²) in [7, 11) is 0. The van der Waals surface area contributed by atoms with Gasteiger partial charge in [0.25, 0.3) is 0 Å². The summed E-state index contributed by atoms with van der Waals surface area (Å²) in [6.45, 7) is 1.81. The fourth-order valence-corrected chi connectivity index (χ4v) is 2.15. The highest BCUT2D eigenvalue weighted by molar-refractivity contribution is 7.99. The van der Waals surface area contributed by atoms with Gasteiger partial charge in [0.1, 0.15) is 10.8 Å². The number of thioether (sulfide) groups is 1. The van der Waals surface area contributed by atoms with E-state index >= 15 is 0 Å². The number of carboxylic acids is 1. The first-order valence-electron chi connectivity index (χ1n) is 5.51. The number of carboxylic acid groups (broad SMARTS) is 1. The Morgan fingerprint density at radius 3 is 2.63 bits per heavy atom. The van der Waals surface area contributed by atoms with Gasteiger partial charge in [-0.15, -0.1) is 0 Å². The van der Waals surface area contributed by atoms with E-state index in [-0.39, 0.29) is 11.6 Å². The molecule has 2 aromatic rings. The molecule has 0 fully saturated rings. The Hall–Kier alpha value is -1.95. The van der Waals surface area contributed by atoms with Gasteiger partial charge in [0.2, 0.25) is 0 Å². The minimum absolute atomic E-state index is 0.0562. The molecule has 0 saturated carbocycles. The van der Waals surface area contributed by atoms with E-state index < -0.39 is 5.97 Å². The standard InChI is InChI=1S/C13H11FN2O2S/c1-8-6-11(19-7-12(17)18)16-13(15-8)9-2-4-10(14)5-3-9/h2-6H,7H2,1H3,(H,17,18). The quantitative estimate of drug-likeness (QED) is 0.688. The smallest absolute Gasteiger partial charge is 0.313 e. The largest absolute Gasteiger partial charge is 0.481 e. The van der Waals surface area contributed by atoms with Crippen LogP contribution >= 0.6 is 11.8 Å². The van der Waals surface area contributed by atoms with Gasteiger partial charge in [-0.1, -0.05) is 11.8 Å². The van der Waals surface area contributed by atoms with Crippen LogP contribution in [-0.2, 0) is 4.79 Å². The molecule has 98 valence electrons. The third-order valence-corrected chi connectivity index (χ3v) is 3.17. The van der Waals surface area contributed by atoms with Crippen molar-refractivity contribution < 1.29 is 14.3 Å². The first kappa shape index (κ1) is 13.5. The summed E-state index contributed by atoms with van der Waals surface area (Å²) >= 11 is 1.13. The van der Waals surface area contributed by atoms with Gasteiger partial charge in [-0.2, -0.15) is 0 Å². The number of hydrogen-bond donors (Lipinski definition) is 1. The van der Waals surface area contributed by atoms with E-state index in [0.29, 0.717) is 16.4 Å². The monoisotopic (exact) mass is 278 g/mol. The third kappa shape index (κ3) is 3.75. The molecule has 0 saturated heterocycles. The van der Waals surface area contributed by atoms with Crippen molar-refractivity contribution in [3.63, 3.8) is 0 Å². The van der Waals surface area contributed by atoms with Crippen molar-refractivity contribution >= 4 is 17.7 Å². The SMILES string of the molecule is Cc1cc(SCC(=O)O)nc(-c2ccc(F)cc2)n1. The van der Waals surface area contributed by atoms with Crippen LogP contribution in [0.15, 0.2) is 35.4 Å². The first-order chi connectivity index (χ1) is 9.04. The first-order valence-corrected chi connectivity index (χ1v) is 6.49. The van der Waals surface area contributed by atoms with Gasteiger partial charge in [0.15, 0.2) is 5.82 Å². The van der Waals surface area contributed by atoms with E-state index in [9.17, 15) is 9.18 Å². The number of carbonyl (C=O) groups is 1. The Kier molecular flexibility index (Phi) is 4.11. The highest BCUT2D eigenvalue weighted by atomic mass is 32.2. The topological polar surface area (TPSA) is 63.1 Å². The number of aromatic nitrogens is 2. The van der Waals surface area contributed by atoms with Crippen molar-refractivity contribution in [3.8, 4) is 11.4 Å². The molecule has 1 heterocycles. The Labute approximate surface area is 113 Å². The maximum atomic E-state index is 12.9. The molecule has 4 nitrogen and oxygen atoms in total. The molecule has 0 spiro atoms. The summed E-state index contributed by atoms with van der Waals surface area (Å²) in [5.74, 6) is -0.811. The molecule has 1 N–H and O–H groups in total. The lowest BCUT2D eigenvalue weighted by Crippen LogP contribution is -2.00. The zero-order chi connectivity index (χ0) is 13.8. The predicted molar refractivity (Wildman–Crippen MR) is 70.5 cm³/mol. The molecule has 0 atom stereocenters. The minimum atomic E-state index is -0.899. The van der Waals surface area contributed by atoms with Crippen LogP contribution in [-0.4, -0.2) is 26.8 Å². The molecule has 6 heteroatoms. The van der Waals surface area contributed by atoms with Crippen LogP contribution in [0.25, 0.3) is 11.4 Å². The van der Waals surface area contributed by atoms with Crippen molar-refractivity contribution in [1.82, 2.24) is 9.97 Å². The molecule has 0 aliphatic rings. The van der Waals surface area contributed by atoms with Gasteiger partial charge in [-0.05, 0) is 37.3 Å².